The van der Waals surface area contributed by atoms with E-state index in [1.165, 1.54) is 31.1 Å². The van der Waals surface area contributed by atoms with Crippen LogP contribution in [0.5, 0.6) is 0 Å². The highest BCUT2D eigenvalue weighted by molar-refractivity contribution is 5.86. The molecule has 1 atom stereocenters. The molecule has 0 aliphatic carbocycles. The van der Waals surface area contributed by atoms with Crippen molar-refractivity contribution < 1.29 is 41.0 Å². The Labute approximate surface area is 224 Å². The summed E-state index contributed by atoms with van der Waals surface area (Å²) in [7, 11) is 1.38. The van der Waals surface area contributed by atoms with Crippen LogP contribution in [0.3, 0.4) is 0 Å². The molecule has 40 heavy (non-hydrogen) atoms. The number of hydrogen-bond acceptors (Lipinski definition) is 7. The summed E-state index contributed by atoms with van der Waals surface area (Å²) in [5.41, 5.74) is 6.35. The third-order valence-electron chi connectivity index (χ3n) is 6.95. The van der Waals surface area contributed by atoms with Crippen LogP contribution in [0.4, 0.5) is 27.8 Å². The number of aromatic nitrogens is 2. The standard InChI is InChI=1S/C24H24F5N7O4/c1-12(13-4-3-5-14(17(13)25)18(26)27)31-19-15-10-36(22(38)23(39-2)6-8-40-9-7-23)11-16(15)32-20(33-19)24(28,29)21(37)34-35-30/h3-5,12,18H,6-11H2,1-2H3,(H,31,32,33)/t12-/m1/s1. The summed E-state index contributed by atoms with van der Waals surface area (Å²) < 4.78 is 82.0. The number of fused-ring (bicyclic) bond motifs is 1. The number of benzene rings is 1. The molecule has 1 fully saturated rings. The van der Waals surface area contributed by atoms with E-state index in [2.05, 4.69) is 25.3 Å². The normalized spacial score (nSPS) is 17.2. The van der Waals surface area contributed by atoms with Gasteiger partial charge in [-0.05, 0) is 17.6 Å². The van der Waals surface area contributed by atoms with E-state index in [0.29, 0.717) is 0 Å². The van der Waals surface area contributed by atoms with Crippen LogP contribution in [-0.4, -0.2) is 52.6 Å². The van der Waals surface area contributed by atoms with E-state index in [-0.39, 0.29) is 61.8 Å². The van der Waals surface area contributed by atoms with Crippen molar-refractivity contribution in [3.05, 3.63) is 62.7 Å². The fourth-order valence-electron chi connectivity index (χ4n) is 4.71. The fourth-order valence-corrected chi connectivity index (χ4v) is 4.71. The minimum absolute atomic E-state index is 0.0402. The van der Waals surface area contributed by atoms with Crippen LogP contribution in [0, 0.1) is 5.82 Å². The molecule has 0 spiro atoms. The lowest BCUT2D eigenvalue weighted by molar-refractivity contribution is -0.167. The topological polar surface area (TPSA) is 142 Å². The molecule has 2 aliphatic heterocycles. The van der Waals surface area contributed by atoms with Gasteiger partial charge in [-0.3, -0.25) is 9.59 Å². The summed E-state index contributed by atoms with van der Waals surface area (Å²) >= 11 is 0. The van der Waals surface area contributed by atoms with Gasteiger partial charge in [-0.15, -0.1) is 0 Å². The van der Waals surface area contributed by atoms with Gasteiger partial charge >= 0.3 is 5.92 Å². The molecular weight excluding hydrogens is 545 g/mol. The van der Waals surface area contributed by atoms with E-state index in [1.807, 2.05) is 0 Å². The first-order valence-electron chi connectivity index (χ1n) is 12.1. The molecule has 4 rings (SSSR count). The van der Waals surface area contributed by atoms with Crippen LogP contribution < -0.4 is 5.32 Å². The van der Waals surface area contributed by atoms with Crippen LogP contribution in [0.15, 0.2) is 23.3 Å². The summed E-state index contributed by atoms with van der Waals surface area (Å²) in [5, 5.41) is 5.18. The first-order valence-corrected chi connectivity index (χ1v) is 12.1. The van der Waals surface area contributed by atoms with Crippen molar-refractivity contribution in [3.8, 4) is 0 Å². The van der Waals surface area contributed by atoms with E-state index < -0.39 is 53.0 Å². The molecule has 2 amide bonds. The number of azide groups is 1. The largest absolute Gasteiger partial charge is 0.381 e. The second kappa shape index (κ2) is 11.3. The predicted octanol–water partition coefficient (Wildman–Crippen LogP) is 4.69. The van der Waals surface area contributed by atoms with Gasteiger partial charge in [0.1, 0.15) is 11.6 Å². The molecule has 11 nitrogen and oxygen atoms in total. The van der Waals surface area contributed by atoms with Gasteiger partial charge in [0, 0.05) is 49.2 Å². The lowest BCUT2D eigenvalue weighted by Gasteiger charge is -2.37. The van der Waals surface area contributed by atoms with Crippen molar-refractivity contribution in [2.75, 3.05) is 25.6 Å². The lowest BCUT2D eigenvalue weighted by atomic mass is 9.92. The molecule has 1 saturated heterocycles. The summed E-state index contributed by atoms with van der Waals surface area (Å²) in [4.78, 5) is 36.3. The second-order valence-electron chi connectivity index (χ2n) is 9.28. The van der Waals surface area contributed by atoms with E-state index in [1.54, 1.807) is 0 Å². The van der Waals surface area contributed by atoms with E-state index >= 15 is 0 Å². The number of anilines is 1. The number of ether oxygens (including phenoxy) is 2. The Morgan fingerprint density at radius 1 is 1.23 bits per heavy atom. The Hall–Kier alpha value is -3.88. The van der Waals surface area contributed by atoms with Gasteiger partial charge < -0.3 is 19.7 Å². The summed E-state index contributed by atoms with van der Waals surface area (Å²) in [6.45, 7) is 1.53. The summed E-state index contributed by atoms with van der Waals surface area (Å²) in [6, 6.07) is 2.31. The molecule has 0 bridgehead atoms. The van der Waals surface area contributed by atoms with Crippen LogP contribution in [0.25, 0.3) is 10.4 Å². The first-order chi connectivity index (χ1) is 18.9. The number of methoxy groups -OCH3 is 1. The maximum absolute atomic E-state index is 14.9. The molecule has 1 N–H and O–H groups in total. The number of carbonyl (C=O) groups is 2. The van der Waals surface area contributed by atoms with Crippen molar-refractivity contribution in [2.24, 2.45) is 5.11 Å². The lowest BCUT2D eigenvalue weighted by Crippen LogP contribution is -2.51. The van der Waals surface area contributed by atoms with Gasteiger partial charge in [-0.25, -0.2) is 23.1 Å². The zero-order chi connectivity index (χ0) is 29.2. The Bertz CT molecular complexity index is 1360. The minimum atomic E-state index is -4.44. The molecule has 214 valence electrons. The van der Waals surface area contributed by atoms with Gasteiger partial charge in [0.2, 0.25) is 5.82 Å². The molecule has 2 aromatic rings. The zero-order valence-electron chi connectivity index (χ0n) is 21.3. The smallest absolute Gasteiger partial charge is 0.370 e. The van der Waals surface area contributed by atoms with Gasteiger partial charge in [0.25, 0.3) is 18.2 Å². The molecule has 0 radical (unpaired) electrons. The number of halogens is 5. The summed E-state index contributed by atoms with van der Waals surface area (Å²) in [5.74, 6) is -9.82. The number of rotatable bonds is 8. The number of carbonyl (C=O) groups excluding carboxylic acids is 2. The molecule has 16 heteroatoms. The van der Waals surface area contributed by atoms with Crippen LogP contribution in [-0.2, 0) is 38.1 Å². The van der Waals surface area contributed by atoms with E-state index in [4.69, 9.17) is 15.0 Å². The molecular formula is C24H24F5N7O4. The average molecular weight is 569 g/mol. The molecule has 1 aromatic carbocycles. The molecule has 1 aromatic heterocycles. The van der Waals surface area contributed by atoms with Gasteiger partial charge in [0.05, 0.1) is 30.4 Å². The second-order valence-corrected chi connectivity index (χ2v) is 9.28. The zero-order valence-corrected chi connectivity index (χ0v) is 21.3. The van der Waals surface area contributed by atoms with E-state index in [0.717, 1.165) is 6.07 Å². The van der Waals surface area contributed by atoms with Crippen LogP contribution >= 0.6 is 0 Å². The van der Waals surface area contributed by atoms with Crippen molar-refractivity contribution in [1.82, 2.24) is 14.9 Å². The fraction of sp³-hybridized carbons (Fsp3) is 0.500. The highest BCUT2D eigenvalue weighted by Gasteiger charge is 2.47. The number of alkyl halides is 4. The van der Waals surface area contributed by atoms with Crippen molar-refractivity contribution >= 4 is 17.6 Å². The van der Waals surface area contributed by atoms with Gasteiger partial charge in [-0.2, -0.15) is 8.78 Å². The SMILES string of the molecule is COC1(C(=O)N2Cc3nc(C(F)(F)C(=O)N=[N+]=[N-])nc(N[C@H](C)c4cccc(C(F)F)c4F)c3C2)CCOCC1. The highest BCUT2D eigenvalue weighted by Crippen LogP contribution is 2.37. The molecule has 2 aliphatic rings. The number of nitrogens with one attached hydrogen (secondary N) is 1. The summed E-state index contributed by atoms with van der Waals surface area (Å²) in [6.07, 6.45) is -2.58. The minimum Gasteiger partial charge on any atom is -0.381 e. The maximum Gasteiger partial charge on any atom is 0.370 e. The maximum atomic E-state index is 14.9. The van der Waals surface area contributed by atoms with Crippen molar-refractivity contribution in [1.29, 1.82) is 0 Å². The van der Waals surface area contributed by atoms with Crippen LogP contribution in [0.1, 0.15) is 60.4 Å². The van der Waals surface area contributed by atoms with Gasteiger partial charge in [0.15, 0.2) is 5.60 Å². The average Bonchev–Trinajstić information content (AvgIpc) is 3.37. The Morgan fingerprint density at radius 3 is 2.52 bits per heavy atom. The number of amides is 2. The van der Waals surface area contributed by atoms with Crippen LogP contribution in [0.2, 0.25) is 0 Å². The monoisotopic (exact) mass is 569 g/mol. The molecule has 0 unspecified atom stereocenters. The Kier molecular flexibility index (Phi) is 8.23. The first kappa shape index (κ1) is 29.1. The molecule has 0 saturated carbocycles. The number of hydrogen-bond donors (Lipinski definition) is 1. The number of nitrogens with zero attached hydrogens (tertiary/aromatic N) is 6. The Morgan fingerprint density at radius 2 is 1.90 bits per heavy atom. The highest BCUT2D eigenvalue weighted by atomic mass is 19.3. The van der Waals surface area contributed by atoms with Crippen molar-refractivity contribution in [2.45, 2.75) is 56.8 Å². The molecule has 3 heterocycles. The van der Waals surface area contributed by atoms with Crippen molar-refractivity contribution in [3.63, 3.8) is 0 Å². The predicted molar refractivity (Wildman–Crippen MR) is 128 cm³/mol. The van der Waals surface area contributed by atoms with E-state index in [9.17, 15) is 31.5 Å². The third kappa shape index (κ3) is 5.29. The van der Waals surface area contributed by atoms with Gasteiger partial charge in [-0.1, -0.05) is 18.2 Å². The Balaban J connectivity index is 1.74. The quantitative estimate of drug-likeness (QED) is 0.210. The third-order valence-corrected chi connectivity index (χ3v) is 6.95.